The number of aliphatic carboxylic acids is 1. The Labute approximate surface area is 280 Å². The fourth-order valence-electron chi connectivity index (χ4n) is 5.17. The second-order valence-corrected chi connectivity index (χ2v) is 11.4. The van der Waals surface area contributed by atoms with Gasteiger partial charge in [0.25, 0.3) is 0 Å². The fraction of sp³-hybridized carbons (Fsp3) is 0.235. The average Bonchev–Trinajstić information content (AvgIpc) is 3.40. The molecular weight excluding hydrogens is 682 g/mol. The van der Waals surface area contributed by atoms with Gasteiger partial charge in [0.15, 0.2) is 6.04 Å². The molecule has 1 heterocycles. The summed E-state index contributed by atoms with van der Waals surface area (Å²) in [4.78, 5) is 25.1. The van der Waals surface area contributed by atoms with E-state index in [0.29, 0.717) is 22.4 Å². The Bertz CT molecular complexity index is 1830. The van der Waals surface area contributed by atoms with Crippen LogP contribution in [0, 0.1) is 6.92 Å². The minimum absolute atomic E-state index is 0.160. The van der Waals surface area contributed by atoms with Crippen LogP contribution in [-0.2, 0) is 35.4 Å². The van der Waals surface area contributed by atoms with Gasteiger partial charge in [0.2, 0.25) is 0 Å². The first-order chi connectivity index (χ1) is 23.1. The monoisotopic (exact) mass is 708 g/mol. The van der Waals surface area contributed by atoms with Crippen molar-refractivity contribution < 1.29 is 55.2 Å². The number of carboxylic acid groups (broad SMARTS) is 1. The number of hydrogen-bond acceptors (Lipinski definition) is 6. The molecule has 0 aliphatic carbocycles. The van der Waals surface area contributed by atoms with Crippen molar-refractivity contribution >= 4 is 29.4 Å². The van der Waals surface area contributed by atoms with Gasteiger partial charge in [-0.15, -0.1) is 13.2 Å². The Morgan fingerprint density at radius 2 is 1.69 bits per heavy atom. The Morgan fingerprint density at radius 1 is 1.00 bits per heavy atom. The molecule has 1 amide bonds. The standard InChI is InChI=1S/C34H27ClF6N2O6/c1-19-22(3-2-4-26(19)21-7-11-25(12-8-21)49-34(39,40)41)15-42-28-14-30(47-17-20-5-9-24(10-6-20)33(36,37)38)23(13-27(28)35)16-43-29(31(44)45)18-48-32(43)46/h2-14,29,42H,15-18H2,1H3,(H,44,45)/t29-/m1/s1. The Morgan fingerprint density at radius 3 is 2.33 bits per heavy atom. The number of carbonyl (C=O) groups is 2. The molecule has 1 fully saturated rings. The third-order valence-corrected chi connectivity index (χ3v) is 8.05. The van der Waals surface area contributed by atoms with Crippen LogP contribution in [0.2, 0.25) is 5.02 Å². The molecule has 1 atom stereocenters. The van der Waals surface area contributed by atoms with Crippen molar-refractivity contribution in [2.75, 3.05) is 11.9 Å². The van der Waals surface area contributed by atoms with E-state index in [4.69, 9.17) is 21.1 Å². The molecule has 4 aromatic carbocycles. The number of ether oxygens (including phenoxy) is 3. The minimum atomic E-state index is -4.81. The van der Waals surface area contributed by atoms with Crippen LogP contribution in [0.15, 0.2) is 78.9 Å². The highest BCUT2D eigenvalue weighted by Crippen LogP contribution is 2.36. The Hall–Kier alpha value is -5.11. The first-order valence-electron chi connectivity index (χ1n) is 14.5. The number of halogens is 7. The smallest absolute Gasteiger partial charge is 0.488 e. The van der Waals surface area contributed by atoms with Crippen molar-refractivity contribution in [1.29, 1.82) is 0 Å². The third kappa shape index (κ3) is 8.68. The third-order valence-electron chi connectivity index (χ3n) is 7.74. The van der Waals surface area contributed by atoms with E-state index < -0.39 is 36.2 Å². The number of benzene rings is 4. The lowest BCUT2D eigenvalue weighted by Crippen LogP contribution is -2.38. The molecule has 49 heavy (non-hydrogen) atoms. The van der Waals surface area contributed by atoms with Crippen molar-refractivity contribution in [1.82, 2.24) is 4.90 Å². The van der Waals surface area contributed by atoms with Crippen molar-refractivity contribution in [3.05, 3.63) is 112 Å². The molecule has 0 unspecified atom stereocenters. The van der Waals surface area contributed by atoms with E-state index in [2.05, 4.69) is 10.1 Å². The van der Waals surface area contributed by atoms with Gasteiger partial charge in [-0.1, -0.05) is 54.1 Å². The van der Waals surface area contributed by atoms with Gasteiger partial charge in [0.05, 0.1) is 22.8 Å². The summed E-state index contributed by atoms with van der Waals surface area (Å²) in [6.07, 6.45) is -10.2. The lowest BCUT2D eigenvalue weighted by molar-refractivity contribution is -0.274. The molecule has 2 N–H and O–H groups in total. The quantitative estimate of drug-likeness (QED) is 0.150. The van der Waals surface area contributed by atoms with E-state index in [1.54, 1.807) is 6.07 Å². The van der Waals surface area contributed by atoms with E-state index in [0.717, 1.165) is 33.7 Å². The summed E-state index contributed by atoms with van der Waals surface area (Å²) in [6, 6.07) is 17.1. The SMILES string of the molecule is Cc1c(CNc2cc(OCc3ccc(C(F)(F)F)cc3)c(CN3C(=O)OC[C@@H]3C(=O)O)cc2Cl)cccc1-c1ccc(OC(F)(F)F)cc1. The van der Waals surface area contributed by atoms with Crippen LogP contribution in [0.5, 0.6) is 11.5 Å². The van der Waals surface area contributed by atoms with E-state index >= 15 is 0 Å². The molecule has 1 aliphatic heterocycles. The maximum atomic E-state index is 13.0. The summed E-state index contributed by atoms with van der Waals surface area (Å²) >= 11 is 6.63. The molecule has 0 saturated carbocycles. The zero-order chi connectivity index (χ0) is 35.5. The van der Waals surface area contributed by atoms with Gasteiger partial charge in [-0.05, 0) is 65.1 Å². The second-order valence-electron chi connectivity index (χ2n) is 11.0. The predicted molar refractivity (Wildman–Crippen MR) is 166 cm³/mol. The number of carboxylic acids is 1. The fourth-order valence-corrected chi connectivity index (χ4v) is 5.42. The molecule has 0 spiro atoms. The van der Waals surface area contributed by atoms with Crippen LogP contribution < -0.4 is 14.8 Å². The largest absolute Gasteiger partial charge is 0.573 e. The molecule has 15 heteroatoms. The number of hydrogen-bond donors (Lipinski definition) is 2. The highest BCUT2D eigenvalue weighted by molar-refractivity contribution is 6.33. The molecule has 4 aromatic rings. The summed E-state index contributed by atoms with van der Waals surface area (Å²) in [5, 5.41) is 13.0. The second kappa shape index (κ2) is 14.2. The van der Waals surface area contributed by atoms with E-state index in [1.165, 1.54) is 48.5 Å². The van der Waals surface area contributed by atoms with Gasteiger partial charge in [0, 0.05) is 18.2 Å². The van der Waals surface area contributed by atoms with Crippen molar-refractivity contribution in [3.63, 3.8) is 0 Å². The maximum absolute atomic E-state index is 13.0. The first-order valence-corrected chi connectivity index (χ1v) is 14.9. The van der Waals surface area contributed by atoms with Gasteiger partial charge in [-0.25, -0.2) is 9.59 Å². The molecule has 1 aliphatic rings. The van der Waals surface area contributed by atoms with Gasteiger partial charge in [-0.3, -0.25) is 4.90 Å². The van der Waals surface area contributed by atoms with Crippen LogP contribution >= 0.6 is 11.6 Å². The van der Waals surface area contributed by atoms with Crippen molar-refractivity contribution in [3.8, 4) is 22.6 Å². The lowest BCUT2D eigenvalue weighted by atomic mass is 9.96. The van der Waals surface area contributed by atoms with Gasteiger partial charge >= 0.3 is 24.6 Å². The number of alkyl halides is 6. The Balaban J connectivity index is 1.39. The normalized spacial score (nSPS) is 14.8. The topological polar surface area (TPSA) is 97.3 Å². The summed E-state index contributed by atoms with van der Waals surface area (Å²) in [5.74, 6) is -1.44. The van der Waals surface area contributed by atoms with Crippen molar-refractivity contribution in [2.45, 2.75) is 45.2 Å². The minimum Gasteiger partial charge on any atom is -0.488 e. The van der Waals surface area contributed by atoms with Gasteiger partial charge < -0.3 is 24.6 Å². The number of rotatable bonds is 11. The molecule has 8 nitrogen and oxygen atoms in total. The van der Waals surface area contributed by atoms with Crippen LogP contribution in [0.3, 0.4) is 0 Å². The van der Waals surface area contributed by atoms with E-state index in [9.17, 15) is 41.0 Å². The first kappa shape index (κ1) is 35.2. The molecule has 0 aromatic heterocycles. The molecule has 0 bridgehead atoms. The highest BCUT2D eigenvalue weighted by Gasteiger charge is 2.38. The Kier molecular flexibility index (Phi) is 10.2. The van der Waals surface area contributed by atoms with E-state index in [1.807, 2.05) is 19.1 Å². The van der Waals surface area contributed by atoms with Crippen LogP contribution in [0.1, 0.15) is 27.8 Å². The van der Waals surface area contributed by atoms with E-state index in [-0.39, 0.29) is 42.8 Å². The van der Waals surface area contributed by atoms with Crippen molar-refractivity contribution in [2.24, 2.45) is 0 Å². The zero-order valence-electron chi connectivity index (χ0n) is 25.5. The number of nitrogens with zero attached hydrogens (tertiary/aromatic N) is 1. The summed E-state index contributed by atoms with van der Waals surface area (Å²) in [7, 11) is 0. The van der Waals surface area contributed by atoms with Gasteiger partial charge in [0.1, 0.15) is 24.7 Å². The number of carbonyl (C=O) groups excluding carboxylic acids is 1. The predicted octanol–water partition coefficient (Wildman–Crippen LogP) is 8.83. The van der Waals surface area contributed by atoms with Crippen LogP contribution in [0.25, 0.3) is 11.1 Å². The average molecular weight is 709 g/mol. The molecular formula is C34H27ClF6N2O6. The molecule has 5 rings (SSSR count). The highest BCUT2D eigenvalue weighted by atomic mass is 35.5. The lowest BCUT2D eigenvalue weighted by Gasteiger charge is -2.22. The number of amides is 1. The molecule has 1 saturated heterocycles. The number of nitrogens with one attached hydrogen (secondary N) is 1. The maximum Gasteiger partial charge on any atom is 0.573 e. The number of anilines is 1. The molecule has 258 valence electrons. The summed E-state index contributed by atoms with van der Waals surface area (Å²) in [5.41, 5.74) is 3.39. The van der Waals surface area contributed by atoms with Crippen LogP contribution in [-0.4, -0.2) is 41.1 Å². The number of cyclic esters (lactones) is 1. The van der Waals surface area contributed by atoms with Crippen LogP contribution in [0.4, 0.5) is 36.8 Å². The summed E-state index contributed by atoms with van der Waals surface area (Å²) in [6.45, 7) is 1.34. The summed E-state index contributed by atoms with van der Waals surface area (Å²) < 4.78 is 91.7. The zero-order valence-corrected chi connectivity index (χ0v) is 26.2. The molecule has 0 radical (unpaired) electrons. The van der Waals surface area contributed by atoms with Gasteiger partial charge in [-0.2, -0.15) is 13.2 Å².